The molecule has 0 aliphatic rings. The van der Waals surface area contributed by atoms with E-state index in [1.54, 1.807) is 6.07 Å². The predicted molar refractivity (Wildman–Crippen MR) is 81.4 cm³/mol. The second-order valence-corrected chi connectivity index (χ2v) is 4.81. The number of benzene rings is 1. The van der Waals surface area contributed by atoms with Crippen molar-refractivity contribution in [1.82, 2.24) is 10.3 Å². The summed E-state index contributed by atoms with van der Waals surface area (Å²) in [7, 11) is 1.45. The third-order valence-electron chi connectivity index (χ3n) is 2.95. The molecular formula is C15H13ClFN3O2. The maximum absolute atomic E-state index is 13.4. The first-order chi connectivity index (χ1) is 10.5. The molecule has 1 heterocycles. The number of nitrogens with one attached hydrogen (secondary N) is 1. The van der Waals surface area contributed by atoms with Gasteiger partial charge in [0.2, 0.25) is 5.91 Å². The molecule has 5 nitrogen and oxygen atoms in total. The fourth-order valence-corrected chi connectivity index (χ4v) is 2.04. The molecule has 0 bridgehead atoms. The lowest BCUT2D eigenvalue weighted by atomic mass is 10.2. The maximum atomic E-state index is 13.4. The number of amides is 2. The standard InChI is InChI=1S/C15H13ClFN3O2/c1-18-14(21)9-20(11-4-2-3-10(17)7-11)15(22)12-5-6-19-8-13(12)16/h2-8H,9H2,1H3,(H,18,21). The summed E-state index contributed by atoms with van der Waals surface area (Å²) < 4.78 is 13.4. The van der Waals surface area contributed by atoms with Crippen molar-refractivity contribution in [2.75, 3.05) is 18.5 Å². The Bertz CT molecular complexity index is 709. The number of hydrogen-bond acceptors (Lipinski definition) is 3. The summed E-state index contributed by atoms with van der Waals surface area (Å²) in [5, 5.41) is 2.59. The number of pyridine rings is 1. The average Bonchev–Trinajstić information content (AvgIpc) is 2.52. The van der Waals surface area contributed by atoms with Gasteiger partial charge in [-0.3, -0.25) is 19.5 Å². The van der Waals surface area contributed by atoms with Crippen LogP contribution in [0.5, 0.6) is 0 Å². The third kappa shape index (κ3) is 3.59. The van der Waals surface area contributed by atoms with Gasteiger partial charge in [0, 0.05) is 25.1 Å². The lowest BCUT2D eigenvalue weighted by Crippen LogP contribution is -2.40. The van der Waals surface area contributed by atoms with Gasteiger partial charge in [-0.2, -0.15) is 0 Å². The van der Waals surface area contributed by atoms with Gasteiger partial charge in [0.1, 0.15) is 12.4 Å². The first-order valence-electron chi connectivity index (χ1n) is 6.40. The molecule has 0 aliphatic carbocycles. The first-order valence-corrected chi connectivity index (χ1v) is 6.78. The second kappa shape index (κ2) is 7.00. The summed E-state index contributed by atoms with van der Waals surface area (Å²) in [5.74, 6) is -1.41. The highest BCUT2D eigenvalue weighted by atomic mass is 35.5. The molecule has 7 heteroatoms. The van der Waals surface area contributed by atoms with Crippen molar-refractivity contribution >= 4 is 29.1 Å². The van der Waals surface area contributed by atoms with E-state index >= 15 is 0 Å². The summed E-state index contributed by atoms with van der Waals surface area (Å²) in [5.41, 5.74) is 0.450. The van der Waals surface area contributed by atoms with E-state index in [0.29, 0.717) is 0 Å². The summed E-state index contributed by atoms with van der Waals surface area (Å²) in [6.45, 7) is -0.253. The molecule has 22 heavy (non-hydrogen) atoms. The van der Waals surface area contributed by atoms with Gasteiger partial charge < -0.3 is 5.32 Å². The van der Waals surface area contributed by atoms with Gasteiger partial charge in [0.05, 0.1) is 10.6 Å². The molecule has 0 atom stereocenters. The third-order valence-corrected chi connectivity index (χ3v) is 3.25. The molecule has 0 aliphatic heterocycles. The quantitative estimate of drug-likeness (QED) is 0.939. The van der Waals surface area contributed by atoms with Crippen molar-refractivity contribution in [3.05, 3.63) is 59.1 Å². The van der Waals surface area contributed by atoms with Crippen LogP contribution in [0.1, 0.15) is 10.4 Å². The van der Waals surface area contributed by atoms with Gasteiger partial charge in [-0.15, -0.1) is 0 Å². The van der Waals surface area contributed by atoms with Crippen LogP contribution >= 0.6 is 11.6 Å². The molecule has 2 aromatic rings. The van der Waals surface area contributed by atoms with Gasteiger partial charge in [0.25, 0.3) is 5.91 Å². The van der Waals surface area contributed by atoms with E-state index in [9.17, 15) is 14.0 Å². The largest absolute Gasteiger partial charge is 0.358 e. The van der Waals surface area contributed by atoms with E-state index in [0.717, 1.165) is 4.90 Å². The Kier molecular flexibility index (Phi) is 5.06. The number of halogens is 2. The highest BCUT2D eigenvalue weighted by Crippen LogP contribution is 2.21. The van der Waals surface area contributed by atoms with Gasteiger partial charge in [-0.1, -0.05) is 17.7 Å². The van der Waals surface area contributed by atoms with Crippen LogP contribution in [0.3, 0.4) is 0 Å². The number of carbonyl (C=O) groups excluding carboxylic acids is 2. The van der Waals surface area contributed by atoms with Crippen LogP contribution in [0, 0.1) is 5.82 Å². The van der Waals surface area contributed by atoms with Crippen LogP contribution in [0.15, 0.2) is 42.7 Å². The van der Waals surface area contributed by atoms with Gasteiger partial charge >= 0.3 is 0 Å². The molecule has 0 radical (unpaired) electrons. The molecule has 0 saturated heterocycles. The molecular weight excluding hydrogens is 309 g/mol. The molecule has 0 saturated carbocycles. The first kappa shape index (κ1) is 15.9. The number of anilines is 1. The van der Waals surface area contributed by atoms with Crippen molar-refractivity contribution < 1.29 is 14.0 Å². The lowest BCUT2D eigenvalue weighted by molar-refractivity contribution is -0.119. The monoisotopic (exact) mass is 321 g/mol. The summed E-state index contributed by atoms with van der Waals surface area (Å²) >= 11 is 5.97. The second-order valence-electron chi connectivity index (χ2n) is 4.40. The highest BCUT2D eigenvalue weighted by Gasteiger charge is 2.22. The molecule has 1 aromatic heterocycles. The van der Waals surface area contributed by atoms with Crippen LogP contribution in [-0.2, 0) is 4.79 Å². The fraction of sp³-hybridized carbons (Fsp3) is 0.133. The summed E-state index contributed by atoms with van der Waals surface area (Å²) in [4.78, 5) is 29.3. The van der Waals surface area contributed by atoms with Crippen molar-refractivity contribution in [3.8, 4) is 0 Å². The molecule has 1 aromatic carbocycles. The zero-order valence-electron chi connectivity index (χ0n) is 11.7. The van der Waals surface area contributed by atoms with Crippen LogP contribution < -0.4 is 10.2 Å². The zero-order valence-corrected chi connectivity index (χ0v) is 12.5. The number of aromatic nitrogens is 1. The van der Waals surface area contributed by atoms with E-state index in [2.05, 4.69) is 10.3 Å². The highest BCUT2D eigenvalue weighted by molar-refractivity contribution is 6.34. The number of rotatable bonds is 4. The Hall–Kier alpha value is -2.47. The molecule has 1 N–H and O–H groups in total. The van der Waals surface area contributed by atoms with Crippen LogP contribution in [-0.4, -0.2) is 30.4 Å². The van der Waals surface area contributed by atoms with Gasteiger partial charge in [0.15, 0.2) is 0 Å². The fourth-order valence-electron chi connectivity index (χ4n) is 1.84. The molecule has 114 valence electrons. The Morgan fingerprint density at radius 3 is 2.77 bits per heavy atom. The average molecular weight is 322 g/mol. The normalized spacial score (nSPS) is 10.1. The molecule has 0 spiro atoms. The number of likely N-dealkylation sites (N-methyl/N-ethyl adjacent to an activating group) is 1. The molecule has 0 unspecified atom stereocenters. The maximum Gasteiger partial charge on any atom is 0.260 e. The molecule has 2 amide bonds. The summed E-state index contributed by atoms with van der Waals surface area (Å²) in [6, 6.07) is 6.88. The van der Waals surface area contributed by atoms with Crippen molar-refractivity contribution in [3.63, 3.8) is 0 Å². The minimum atomic E-state index is -0.512. The minimum absolute atomic E-state index is 0.158. The topological polar surface area (TPSA) is 62.3 Å². The van der Waals surface area contributed by atoms with E-state index in [-0.39, 0.29) is 28.7 Å². The lowest BCUT2D eigenvalue weighted by Gasteiger charge is -2.22. The number of hydrogen-bond donors (Lipinski definition) is 1. The predicted octanol–water partition coefficient (Wildman–Crippen LogP) is 2.27. The summed E-state index contributed by atoms with van der Waals surface area (Å²) in [6.07, 6.45) is 2.75. The van der Waals surface area contributed by atoms with Crippen molar-refractivity contribution in [1.29, 1.82) is 0 Å². The van der Waals surface area contributed by atoms with Gasteiger partial charge in [-0.05, 0) is 24.3 Å². The minimum Gasteiger partial charge on any atom is -0.358 e. The molecule has 0 fully saturated rings. The smallest absolute Gasteiger partial charge is 0.260 e. The van der Waals surface area contributed by atoms with E-state index in [1.807, 2.05) is 0 Å². The molecule has 2 rings (SSSR count). The SMILES string of the molecule is CNC(=O)CN(C(=O)c1ccncc1Cl)c1cccc(F)c1. The van der Waals surface area contributed by atoms with Crippen molar-refractivity contribution in [2.24, 2.45) is 0 Å². The number of nitrogens with zero attached hydrogens (tertiary/aromatic N) is 2. The Morgan fingerprint density at radius 2 is 2.14 bits per heavy atom. The Morgan fingerprint density at radius 1 is 1.36 bits per heavy atom. The van der Waals surface area contributed by atoms with E-state index in [4.69, 9.17) is 11.6 Å². The van der Waals surface area contributed by atoms with Gasteiger partial charge in [-0.25, -0.2) is 4.39 Å². The van der Waals surface area contributed by atoms with E-state index < -0.39 is 11.7 Å². The Balaban J connectivity index is 2.42. The van der Waals surface area contributed by atoms with Crippen molar-refractivity contribution in [2.45, 2.75) is 0 Å². The zero-order chi connectivity index (χ0) is 16.1. The van der Waals surface area contributed by atoms with E-state index in [1.165, 1.54) is 43.7 Å². The Labute approximate surface area is 131 Å². The van der Waals surface area contributed by atoms with Crippen LogP contribution in [0.25, 0.3) is 0 Å². The number of carbonyl (C=O) groups is 2. The van der Waals surface area contributed by atoms with Crippen LogP contribution in [0.2, 0.25) is 5.02 Å². The van der Waals surface area contributed by atoms with Crippen LogP contribution in [0.4, 0.5) is 10.1 Å².